The average molecular weight is 460 g/mol. The number of carbonyl (C=O) groups excluding carboxylic acids is 1. The third-order valence-electron chi connectivity index (χ3n) is 5.98. The van der Waals surface area contributed by atoms with Crippen molar-refractivity contribution in [1.82, 2.24) is 19.9 Å². The van der Waals surface area contributed by atoms with Crippen LogP contribution >= 0.6 is 0 Å². The van der Waals surface area contributed by atoms with Gasteiger partial charge in [0.15, 0.2) is 11.6 Å². The number of anilines is 3. The molecular formula is C25H26FN7O. The molecule has 1 fully saturated rings. The Bertz CT molecular complexity index is 1310. The molecule has 4 heterocycles. The van der Waals surface area contributed by atoms with Gasteiger partial charge in [-0.2, -0.15) is 4.98 Å². The first kappa shape index (κ1) is 21.8. The molecule has 0 aliphatic carbocycles. The van der Waals surface area contributed by atoms with Crippen LogP contribution in [0.2, 0.25) is 0 Å². The molecule has 8 nitrogen and oxygen atoms in total. The summed E-state index contributed by atoms with van der Waals surface area (Å²) in [6, 6.07) is 11.3. The quantitative estimate of drug-likeness (QED) is 0.383. The number of nitrogens with one attached hydrogen (secondary N) is 3. The predicted octanol–water partition coefficient (Wildman–Crippen LogP) is 4.19. The third-order valence-corrected chi connectivity index (χ3v) is 5.98. The summed E-state index contributed by atoms with van der Waals surface area (Å²) in [6.45, 7) is 3.86. The van der Waals surface area contributed by atoms with Crippen molar-refractivity contribution in [2.45, 2.75) is 32.7 Å². The maximum Gasteiger partial charge on any atom is 0.228 e. The Hall–Kier alpha value is -4.01. The van der Waals surface area contributed by atoms with Gasteiger partial charge in [0.2, 0.25) is 11.9 Å². The highest BCUT2D eigenvalue weighted by molar-refractivity contribution is 5.95. The molecule has 1 aromatic carbocycles. The minimum atomic E-state index is -0.431. The number of pyridine rings is 1. The Balaban J connectivity index is 1.20. The lowest BCUT2D eigenvalue weighted by Crippen LogP contribution is -2.22. The van der Waals surface area contributed by atoms with Crippen molar-refractivity contribution < 1.29 is 9.18 Å². The summed E-state index contributed by atoms with van der Waals surface area (Å²) in [5.74, 6) is 0.242. The summed E-state index contributed by atoms with van der Waals surface area (Å²) in [4.78, 5) is 30.6. The maximum absolute atomic E-state index is 14.6. The number of rotatable bonds is 7. The number of nitrogens with zero attached hydrogens (tertiary/aromatic N) is 4. The van der Waals surface area contributed by atoms with Crippen molar-refractivity contribution in [3.05, 3.63) is 71.4 Å². The summed E-state index contributed by atoms with van der Waals surface area (Å²) in [5, 5.41) is 6.96. The van der Waals surface area contributed by atoms with Gasteiger partial charge in [0, 0.05) is 43.1 Å². The third kappa shape index (κ3) is 4.68. The van der Waals surface area contributed by atoms with E-state index in [-0.39, 0.29) is 18.1 Å². The molecule has 1 amide bonds. The van der Waals surface area contributed by atoms with Gasteiger partial charge in [0.1, 0.15) is 5.65 Å². The molecule has 34 heavy (non-hydrogen) atoms. The number of aromatic nitrogens is 4. The SMILES string of the molecule is Cc1nc(N2CCCC2)nc(NCc2ccc(NC(=O)Cc3c[nH]c4ncccc34)cc2)c1F. The van der Waals surface area contributed by atoms with Gasteiger partial charge in [-0.3, -0.25) is 4.79 Å². The van der Waals surface area contributed by atoms with E-state index < -0.39 is 5.82 Å². The van der Waals surface area contributed by atoms with Crippen LogP contribution in [0.25, 0.3) is 11.0 Å². The molecule has 9 heteroatoms. The van der Waals surface area contributed by atoms with E-state index in [1.54, 1.807) is 13.1 Å². The van der Waals surface area contributed by atoms with Gasteiger partial charge >= 0.3 is 0 Å². The molecule has 3 N–H and O–H groups in total. The van der Waals surface area contributed by atoms with Crippen LogP contribution in [-0.4, -0.2) is 38.9 Å². The van der Waals surface area contributed by atoms with Crippen molar-refractivity contribution in [3.63, 3.8) is 0 Å². The van der Waals surface area contributed by atoms with Gasteiger partial charge in [-0.05, 0) is 55.2 Å². The molecule has 1 aliphatic rings. The maximum atomic E-state index is 14.6. The first-order chi connectivity index (χ1) is 16.6. The largest absolute Gasteiger partial charge is 0.363 e. The molecular weight excluding hydrogens is 433 g/mol. The minimum Gasteiger partial charge on any atom is -0.363 e. The zero-order chi connectivity index (χ0) is 23.5. The van der Waals surface area contributed by atoms with E-state index >= 15 is 0 Å². The van der Waals surface area contributed by atoms with Gasteiger partial charge in [0.25, 0.3) is 0 Å². The van der Waals surface area contributed by atoms with Gasteiger partial charge in [-0.25, -0.2) is 14.4 Å². The Morgan fingerprint density at radius 3 is 2.74 bits per heavy atom. The number of amides is 1. The highest BCUT2D eigenvalue weighted by Gasteiger charge is 2.19. The summed E-state index contributed by atoms with van der Waals surface area (Å²) in [5.41, 5.74) is 3.65. The van der Waals surface area contributed by atoms with E-state index in [0.29, 0.717) is 23.9 Å². The molecule has 0 radical (unpaired) electrons. The number of hydrogen-bond acceptors (Lipinski definition) is 6. The lowest BCUT2D eigenvalue weighted by atomic mass is 10.1. The first-order valence-corrected chi connectivity index (χ1v) is 11.4. The fourth-order valence-electron chi connectivity index (χ4n) is 4.15. The first-order valence-electron chi connectivity index (χ1n) is 11.4. The summed E-state index contributed by atoms with van der Waals surface area (Å²) >= 11 is 0. The van der Waals surface area contributed by atoms with Crippen molar-refractivity contribution >= 4 is 34.4 Å². The zero-order valence-electron chi connectivity index (χ0n) is 18.9. The number of aryl methyl sites for hydroxylation is 1. The van der Waals surface area contributed by atoms with E-state index in [9.17, 15) is 9.18 Å². The number of benzene rings is 1. The number of carbonyl (C=O) groups is 1. The molecule has 0 unspecified atom stereocenters. The van der Waals surface area contributed by atoms with Crippen LogP contribution in [0.4, 0.5) is 21.8 Å². The van der Waals surface area contributed by atoms with E-state index in [1.165, 1.54) is 0 Å². The fourth-order valence-corrected chi connectivity index (χ4v) is 4.15. The Morgan fingerprint density at radius 1 is 1.15 bits per heavy atom. The lowest BCUT2D eigenvalue weighted by Gasteiger charge is -2.17. The molecule has 0 atom stereocenters. The molecule has 5 rings (SSSR count). The Labute approximate surface area is 196 Å². The highest BCUT2D eigenvalue weighted by Crippen LogP contribution is 2.22. The van der Waals surface area contributed by atoms with Crippen molar-refractivity contribution in [2.75, 3.05) is 28.6 Å². The normalized spacial score (nSPS) is 13.4. The predicted molar refractivity (Wildman–Crippen MR) is 130 cm³/mol. The fraction of sp³-hybridized carbons (Fsp3) is 0.280. The summed E-state index contributed by atoms with van der Waals surface area (Å²) < 4.78 is 14.6. The van der Waals surface area contributed by atoms with E-state index in [0.717, 1.165) is 48.1 Å². The second kappa shape index (κ2) is 9.46. The second-order valence-electron chi connectivity index (χ2n) is 8.45. The van der Waals surface area contributed by atoms with E-state index in [2.05, 4.69) is 35.5 Å². The summed E-state index contributed by atoms with van der Waals surface area (Å²) in [6.07, 6.45) is 5.98. The second-order valence-corrected chi connectivity index (χ2v) is 8.45. The molecule has 3 aromatic heterocycles. The van der Waals surface area contributed by atoms with Crippen molar-refractivity contribution in [3.8, 4) is 0 Å². The molecule has 174 valence electrons. The molecule has 0 saturated carbocycles. The van der Waals surface area contributed by atoms with E-state index in [4.69, 9.17) is 0 Å². The zero-order valence-corrected chi connectivity index (χ0v) is 18.9. The molecule has 1 aliphatic heterocycles. The number of fused-ring (bicyclic) bond motifs is 1. The van der Waals surface area contributed by atoms with Crippen molar-refractivity contribution in [2.24, 2.45) is 0 Å². The molecule has 1 saturated heterocycles. The van der Waals surface area contributed by atoms with E-state index in [1.807, 2.05) is 42.6 Å². The monoisotopic (exact) mass is 459 g/mol. The molecule has 0 spiro atoms. The van der Waals surface area contributed by atoms with Crippen LogP contribution in [0.5, 0.6) is 0 Å². The topological polar surface area (TPSA) is 98.8 Å². The number of halogens is 1. The minimum absolute atomic E-state index is 0.108. The Kier molecular flexibility index (Phi) is 6.07. The number of hydrogen-bond donors (Lipinski definition) is 3. The van der Waals surface area contributed by atoms with Crippen LogP contribution in [0.1, 0.15) is 29.7 Å². The van der Waals surface area contributed by atoms with Crippen molar-refractivity contribution in [1.29, 1.82) is 0 Å². The van der Waals surface area contributed by atoms with Crippen LogP contribution in [0.15, 0.2) is 48.8 Å². The highest BCUT2D eigenvalue weighted by atomic mass is 19.1. The number of aromatic amines is 1. The van der Waals surface area contributed by atoms with Crippen LogP contribution in [-0.2, 0) is 17.8 Å². The van der Waals surface area contributed by atoms with Crippen LogP contribution < -0.4 is 15.5 Å². The smallest absolute Gasteiger partial charge is 0.228 e. The average Bonchev–Trinajstić information content (AvgIpc) is 3.52. The van der Waals surface area contributed by atoms with Gasteiger partial charge in [-0.15, -0.1) is 0 Å². The Morgan fingerprint density at radius 2 is 1.94 bits per heavy atom. The van der Waals surface area contributed by atoms with Crippen LogP contribution in [0, 0.1) is 12.7 Å². The standard InChI is InChI=1S/C25H26FN7O/c1-16-22(26)24(32-25(30-16)33-11-2-3-12-33)28-14-17-6-8-19(9-7-17)31-21(34)13-18-15-29-23-20(18)5-4-10-27-23/h4-10,15H,2-3,11-14H2,1H3,(H,27,29)(H,31,34)(H,28,30,32). The van der Waals surface area contributed by atoms with Gasteiger partial charge < -0.3 is 20.5 Å². The molecule has 0 bridgehead atoms. The van der Waals surface area contributed by atoms with Gasteiger partial charge in [-0.1, -0.05) is 12.1 Å². The van der Waals surface area contributed by atoms with Crippen LogP contribution in [0.3, 0.4) is 0 Å². The number of H-pyrrole nitrogens is 1. The lowest BCUT2D eigenvalue weighted by molar-refractivity contribution is -0.115. The summed E-state index contributed by atoms with van der Waals surface area (Å²) in [7, 11) is 0. The molecule has 4 aromatic rings. The van der Waals surface area contributed by atoms with Gasteiger partial charge in [0.05, 0.1) is 12.1 Å².